The van der Waals surface area contributed by atoms with Crippen molar-refractivity contribution in [3.8, 4) is 11.5 Å². The van der Waals surface area contributed by atoms with E-state index in [2.05, 4.69) is 26.6 Å². The van der Waals surface area contributed by atoms with Gasteiger partial charge in [-0.15, -0.1) is 24.0 Å². The molecule has 1 heterocycles. The standard InChI is InChI=1S/C24H34N4O3.HI/c1-4-25-24(26-15-20(29)17-31-21-9-7-8-18(2)14-21)27-19-12-13-28(16-19)22-10-5-6-11-23(22)30-3;/h5-11,14,19-20,29H,4,12-13,15-17H2,1-3H3,(H2,25,26,27);1H. The van der Waals surface area contributed by atoms with Gasteiger partial charge in [0.2, 0.25) is 0 Å². The van der Waals surface area contributed by atoms with Gasteiger partial charge in [0.15, 0.2) is 5.96 Å². The van der Waals surface area contributed by atoms with Crippen LogP contribution in [-0.4, -0.2) is 63.1 Å². The van der Waals surface area contributed by atoms with E-state index in [1.54, 1.807) is 7.11 Å². The lowest BCUT2D eigenvalue weighted by atomic mass is 10.2. The Morgan fingerprint density at radius 3 is 2.81 bits per heavy atom. The highest BCUT2D eigenvalue weighted by molar-refractivity contribution is 14.0. The Bertz CT molecular complexity index is 865. The van der Waals surface area contributed by atoms with Gasteiger partial charge in [0.05, 0.1) is 19.3 Å². The minimum atomic E-state index is -0.676. The molecule has 7 nitrogen and oxygen atoms in total. The number of hydrogen-bond acceptors (Lipinski definition) is 5. The van der Waals surface area contributed by atoms with E-state index in [-0.39, 0.29) is 43.2 Å². The highest BCUT2D eigenvalue weighted by Crippen LogP contribution is 2.30. The van der Waals surface area contributed by atoms with Gasteiger partial charge in [0, 0.05) is 25.7 Å². The third-order valence-corrected chi connectivity index (χ3v) is 5.19. The Labute approximate surface area is 208 Å². The van der Waals surface area contributed by atoms with Gasteiger partial charge in [0.25, 0.3) is 0 Å². The Hall–Kier alpha value is -2.20. The SMILES string of the molecule is CCNC(=NCC(O)COc1cccc(C)c1)NC1CCN(c2ccccc2OC)C1.I. The van der Waals surface area contributed by atoms with Crippen LogP contribution in [0, 0.1) is 6.92 Å². The van der Waals surface area contributed by atoms with Gasteiger partial charge in [-0.3, -0.25) is 4.99 Å². The van der Waals surface area contributed by atoms with Crippen LogP contribution in [0.2, 0.25) is 0 Å². The number of aliphatic hydroxyl groups excluding tert-OH is 1. The molecule has 0 aliphatic carbocycles. The molecule has 0 amide bonds. The summed E-state index contributed by atoms with van der Waals surface area (Å²) in [5, 5.41) is 17.1. The van der Waals surface area contributed by atoms with Crippen LogP contribution in [0.15, 0.2) is 53.5 Å². The molecular formula is C24H35IN4O3. The van der Waals surface area contributed by atoms with Crippen LogP contribution in [0.25, 0.3) is 0 Å². The Morgan fingerprint density at radius 2 is 2.06 bits per heavy atom. The highest BCUT2D eigenvalue weighted by atomic mass is 127. The summed E-state index contributed by atoms with van der Waals surface area (Å²) in [5.41, 5.74) is 2.24. The van der Waals surface area contributed by atoms with E-state index in [9.17, 15) is 5.11 Å². The van der Waals surface area contributed by atoms with Crippen molar-refractivity contribution in [1.82, 2.24) is 10.6 Å². The number of ether oxygens (including phenoxy) is 2. The molecule has 2 aromatic rings. The van der Waals surface area contributed by atoms with Crippen molar-refractivity contribution in [1.29, 1.82) is 0 Å². The van der Waals surface area contributed by atoms with Crippen molar-refractivity contribution in [2.45, 2.75) is 32.4 Å². The van der Waals surface area contributed by atoms with E-state index in [1.165, 1.54) is 0 Å². The smallest absolute Gasteiger partial charge is 0.191 e. The van der Waals surface area contributed by atoms with Gasteiger partial charge in [0.1, 0.15) is 24.2 Å². The van der Waals surface area contributed by atoms with E-state index in [0.29, 0.717) is 5.96 Å². The highest BCUT2D eigenvalue weighted by Gasteiger charge is 2.25. The third-order valence-electron chi connectivity index (χ3n) is 5.19. The number of rotatable bonds is 9. The van der Waals surface area contributed by atoms with Crippen LogP contribution in [-0.2, 0) is 0 Å². The third kappa shape index (κ3) is 7.74. The van der Waals surface area contributed by atoms with Crippen LogP contribution in [0.5, 0.6) is 11.5 Å². The van der Waals surface area contributed by atoms with E-state index in [1.807, 2.05) is 56.3 Å². The molecule has 0 radical (unpaired) electrons. The summed E-state index contributed by atoms with van der Waals surface area (Å²) in [5.74, 6) is 2.36. The van der Waals surface area contributed by atoms with Crippen molar-refractivity contribution < 1.29 is 14.6 Å². The van der Waals surface area contributed by atoms with Crippen LogP contribution in [0.3, 0.4) is 0 Å². The zero-order valence-electron chi connectivity index (χ0n) is 19.1. The second kappa shape index (κ2) is 13.4. The summed E-state index contributed by atoms with van der Waals surface area (Å²) in [7, 11) is 1.70. The number of hydrogen-bond donors (Lipinski definition) is 3. The fraction of sp³-hybridized carbons (Fsp3) is 0.458. The molecule has 0 aromatic heterocycles. The maximum absolute atomic E-state index is 10.3. The number of aliphatic hydroxyl groups is 1. The van der Waals surface area contributed by atoms with Gasteiger partial charge in [-0.1, -0.05) is 24.3 Å². The van der Waals surface area contributed by atoms with Gasteiger partial charge in [-0.05, 0) is 50.1 Å². The fourth-order valence-corrected chi connectivity index (χ4v) is 3.65. The largest absolute Gasteiger partial charge is 0.495 e. The molecule has 2 aromatic carbocycles. The number of methoxy groups -OCH3 is 1. The number of nitrogens with zero attached hydrogens (tertiary/aromatic N) is 2. The zero-order chi connectivity index (χ0) is 22.1. The van der Waals surface area contributed by atoms with Crippen molar-refractivity contribution in [2.24, 2.45) is 4.99 Å². The summed E-state index contributed by atoms with van der Waals surface area (Å²) in [6, 6.07) is 16.2. The molecule has 3 N–H and O–H groups in total. The summed E-state index contributed by atoms with van der Waals surface area (Å²) in [4.78, 5) is 6.88. The van der Waals surface area contributed by atoms with Crippen molar-refractivity contribution in [3.63, 3.8) is 0 Å². The molecule has 0 saturated carbocycles. The fourth-order valence-electron chi connectivity index (χ4n) is 3.65. The number of aliphatic imine (C=N–C) groups is 1. The Balaban J connectivity index is 0.00000363. The number of benzene rings is 2. The first kappa shape index (κ1) is 26.1. The van der Waals surface area contributed by atoms with Crippen LogP contribution in [0.1, 0.15) is 18.9 Å². The Kier molecular flexibility index (Phi) is 10.9. The number of halogens is 1. The molecule has 2 atom stereocenters. The predicted octanol–water partition coefficient (Wildman–Crippen LogP) is 3.20. The van der Waals surface area contributed by atoms with Crippen LogP contribution in [0.4, 0.5) is 5.69 Å². The quantitative estimate of drug-likeness (QED) is 0.251. The van der Waals surface area contributed by atoms with E-state index in [4.69, 9.17) is 9.47 Å². The molecule has 0 spiro atoms. The number of nitrogens with one attached hydrogen (secondary N) is 2. The van der Waals surface area contributed by atoms with Gasteiger partial charge in [-0.2, -0.15) is 0 Å². The molecular weight excluding hydrogens is 519 g/mol. The predicted molar refractivity (Wildman–Crippen MR) is 141 cm³/mol. The first-order valence-electron chi connectivity index (χ1n) is 10.9. The molecule has 3 rings (SSSR count). The maximum Gasteiger partial charge on any atom is 0.191 e. The van der Waals surface area contributed by atoms with Crippen molar-refractivity contribution in [2.75, 3.05) is 44.8 Å². The number of anilines is 1. The molecule has 1 fully saturated rings. The van der Waals surface area contributed by atoms with Gasteiger partial charge in [-0.25, -0.2) is 0 Å². The molecule has 0 bridgehead atoms. The first-order chi connectivity index (χ1) is 15.1. The number of aryl methyl sites for hydroxylation is 1. The lowest BCUT2D eigenvalue weighted by Gasteiger charge is -2.22. The molecule has 32 heavy (non-hydrogen) atoms. The first-order valence-corrected chi connectivity index (χ1v) is 10.9. The summed E-state index contributed by atoms with van der Waals surface area (Å²) < 4.78 is 11.2. The maximum atomic E-state index is 10.3. The molecule has 176 valence electrons. The number of guanidine groups is 1. The molecule has 1 saturated heterocycles. The lowest BCUT2D eigenvalue weighted by Crippen LogP contribution is -2.45. The second-order valence-corrected chi connectivity index (χ2v) is 7.75. The molecule has 1 aliphatic heterocycles. The normalized spacial score (nSPS) is 16.8. The number of para-hydroxylation sites is 2. The summed E-state index contributed by atoms with van der Waals surface area (Å²) in [6.45, 7) is 7.09. The average molecular weight is 554 g/mol. The Morgan fingerprint density at radius 1 is 1.25 bits per heavy atom. The molecule has 8 heteroatoms. The average Bonchev–Trinajstić information content (AvgIpc) is 3.24. The van der Waals surface area contributed by atoms with Crippen LogP contribution >= 0.6 is 24.0 Å². The minimum Gasteiger partial charge on any atom is -0.495 e. The topological polar surface area (TPSA) is 78.4 Å². The zero-order valence-corrected chi connectivity index (χ0v) is 21.4. The summed E-state index contributed by atoms with van der Waals surface area (Å²) >= 11 is 0. The van der Waals surface area contributed by atoms with E-state index >= 15 is 0 Å². The lowest BCUT2D eigenvalue weighted by molar-refractivity contribution is 0.114. The van der Waals surface area contributed by atoms with Gasteiger partial charge >= 0.3 is 0 Å². The van der Waals surface area contributed by atoms with Crippen molar-refractivity contribution in [3.05, 3.63) is 54.1 Å². The van der Waals surface area contributed by atoms with E-state index < -0.39 is 6.10 Å². The molecule has 2 unspecified atom stereocenters. The van der Waals surface area contributed by atoms with Crippen molar-refractivity contribution >= 4 is 35.6 Å². The van der Waals surface area contributed by atoms with E-state index in [0.717, 1.165) is 48.8 Å². The minimum absolute atomic E-state index is 0. The van der Waals surface area contributed by atoms with Gasteiger partial charge < -0.3 is 30.1 Å². The monoisotopic (exact) mass is 554 g/mol. The van der Waals surface area contributed by atoms with Crippen LogP contribution < -0.4 is 25.0 Å². The molecule has 1 aliphatic rings. The summed E-state index contributed by atoms with van der Waals surface area (Å²) in [6.07, 6.45) is 0.325. The second-order valence-electron chi connectivity index (χ2n) is 7.75.